The molecule has 0 spiro atoms. The molecule has 26 heavy (non-hydrogen) atoms. The second-order valence-corrected chi connectivity index (χ2v) is 7.27. The van der Waals surface area contributed by atoms with Gasteiger partial charge in [-0.1, -0.05) is 6.07 Å². The Bertz CT molecular complexity index is 1040. The summed E-state index contributed by atoms with van der Waals surface area (Å²) in [5.41, 5.74) is 2.48. The number of fused-ring (bicyclic) bond motifs is 5. The molecule has 5 rings (SSSR count). The average molecular weight is 412 g/mol. The van der Waals surface area contributed by atoms with Crippen LogP contribution in [-0.2, 0) is 0 Å². The molecule has 0 saturated carbocycles. The first-order valence-corrected chi connectivity index (χ1v) is 9.16. The maximum atomic E-state index is 13.2. The third-order valence-electron chi connectivity index (χ3n) is 5.04. The van der Waals surface area contributed by atoms with Crippen molar-refractivity contribution in [1.82, 2.24) is 24.0 Å². The van der Waals surface area contributed by atoms with E-state index in [9.17, 15) is 9.59 Å². The summed E-state index contributed by atoms with van der Waals surface area (Å²) < 4.78 is 4.05. The first kappa shape index (κ1) is 15.5. The van der Waals surface area contributed by atoms with Crippen LogP contribution in [0, 0.1) is 0 Å². The topological polar surface area (TPSA) is 73.0 Å². The Morgan fingerprint density at radius 1 is 1.27 bits per heavy atom. The van der Waals surface area contributed by atoms with E-state index in [1.807, 2.05) is 27.7 Å². The number of aromatic nitrogens is 4. The van der Waals surface area contributed by atoms with E-state index in [4.69, 9.17) is 0 Å². The van der Waals surface area contributed by atoms with Crippen molar-refractivity contribution in [2.75, 3.05) is 6.54 Å². The van der Waals surface area contributed by atoms with Crippen LogP contribution in [0.4, 0.5) is 0 Å². The predicted octanol–water partition coefficient (Wildman–Crippen LogP) is 2.81. The van der Waals surface area contributed by atoms with Gasteiger partial charge in [-0.3, -0.25) is 18.7 Å². The Morgan fingerprint density at radius 2 is 2.15 bits per heavy atom. The number of halogens is 1. The first-order chi connectivity index (χ1) is 12.7. The molecule has 0 aliphatic carbocycles. The zero-order chi connectivity index (χ0) is 17.8. The van der Waals surface area contributed by atoms with E-state index in [1.165, 1.54) is 10.9 Å². The molecular formula is C18H14BrN5O2. The van der Waals surface area contributed by atoms with E-state index >= 15 is 0 Å². The van der Waals surface area contributed by atoms with Crippen LogP contribution in [0.15, 0.2) is 47.7 Å². The maximum absolute atomic E-state index is 13.2. The second-order valence-electron chi connectivity index (χ2n) is 6.41. The minimum atomic E-state index is -0.242. The van der Waals surface area contributed by atoms with Crippen LogP contribution < -0.4 is 0 Å². The maximum Gasteiger partial charge on any atom is 0.283 e. The van der Waals surface area contributed by atoms with Gasteiger partial charge in [0.25, 0.3) is 11.8 Å². The molecule has 1 fully saturated rings. The Balaban J connectivity index is 1.78. The number of imidazole rings is 2. The molecule has 2 aliphatic rings. The summed E-state index contributed by atoms with van der Waals surface area (Å²) in [6.45, 7) is 0.675. The summed E-state index contributed by atoms with van der Waals surface area (Å²) in [7, 11) is 0. The largest absolute Gasteiger partial charge is 0.330 e. The van der Waals surface area contributed by atoms with Crippen molar-refractivity contribution in [2.24, 2.45) is 0 Å². The molecule has 0 N–H and O–H groups in total. The number of benzene rings is 1. The zero-order valence-corrected chi connectivity index (χ0v) is 15.3. The molecule has 1 saturated heterocycles. The summed E-state index contributed by atoms with van der Waals surface area (Å²) >= 11 is 3.51. The van der Waals surface area contributed by atoms with Crippen LogP contribution in [-0.4, -0.2) is 42.4 Å². The van der Waals surface area contributed by atoms with Gasteiger partial charge >= 0.3 is 0 Å². The highest BCUT2D eigenvalue weighted by Crippen LogP contribution is 2.41. The van der Waals surface area contributed by atoms with Gasteiger partial charge in [-0.15, -0.1) is 0 Å². The van der Waals surface area contributed by atoms with E-state index in [0.717, 1.165) is 28.7 Å². The Labute approximate surface area is 157 Å². The third-order valence-corrected chi connectivity index (χ3v) is 5.70. The standard InChI is InChI=1S/C18H14BrN5O2/c19-11-3-1-4-12-14(11)17(25)23-7-2-5-13(23)16-15(21-10-24(12)16)18(26)22-8-6-20-9-22/h1,3-4,6,8-10,13H,2,5,7H2/t13-/m0/s1. The molecule has 2 aliphatic heterocycles. The molecule has 1 aromatic carbocycles. The van der Waals surface area contributed by atoms with Crippen LogP contribution in [0.3, 0.4) is 0 Å². The summed E-state index contributed by atoms with van der Waals surface area (Å²) in [5.74, 6) is -0.256. The van der Waals surface area contributed by atoms with Gasteiger partial charge in [-0.25, -0.2) is 9.97 Å². The number of hydrogen-bond donors (Lipinski definition) is 0. The predicted molar refractivity (Wildman–Crippen MR) is 96.2 cm³/mol. The average Bonchev–Trinajstić information content (AvgIpc) is 3.38. The van der Waals surface area contributed by atoms with E-state index in [2.05, 4.69) is 25.9 Å². The van der Waals surface area contributed by atoms with Crippen LogP contribution in [0.25, 0.3) is 5.69 Å². The minimum Gasteiger partial charge on any atom is -0.330 e. The van der Waals surface area contributed by atoms with Gasteiger partial charge in [0.05, 0.1) is 23.0 Å². The van der Waals surface area contributed by atoms with Crippen molar-refractivity contribution in [2.45, 2.75) is 18.9 Å². The fourth-order valence-corrected chi connectivity index (χ4v) is 4.42. The lowest BCUT2D eigenvalue weighted by atomic mass is 10.1. The first-order valence-electron chi connectivity index (χ1n) is 8.36. The molecule has 1 amide bonds. The molecule has 8 heteroatoms. The van der Waals surface area contributed by atoms with Gasteiger partial charge in [0.2, 0.25) is 0 Å². The van der Waals surface area contributed by atoms with Gasteiger partial charge in [0.1, 0.15) is 12.7 Å². The molecule has 0 radical (unpaired) electrons. The molecule has 130 valence electrons. The zero-order valence-electron chi connectivity index (χ0n) is 13.7. The van der Waals surface area contributed by atoms with Crippen molar-refractivity contribution in [1.29, 1.82) is 0 Å². The number of rotatable bonds is 1. The van der Waals surface area contributed by atoms with E-state index in [1.54, 1.807) is 18.7 Å². The highest BCUT2D eigenvalue weighted by atomic mass is 79.9. The second kappa shape index (κ2) is 5.63. The van der Waals surface area contributed by atoms with Gasteiger partial charge in [-0.2, -0.15) is 0 Å². The number of amides is 1. The quantitative estimate of drug-likeness (QED) is 0.616. The summed E-state index contributed by atoms with van der Waals surface area (Å²) in [6, 6.07) is 5.47. The lowest BCUT2D eigenvalue weighted by molar-refractivity contribution is 0.0734. The normalized spacial score (nSPS) is 18.3. The number of nitrogens with zero attached hydrogens (tertiary/aromatic N) is 5. The Hall–Kier alpha value is -2.74. The third kappa shape index (κ3) is 2.05. The summed E-state index contributed by atoms with van der Waals surface area (Å²) in [6.07, 6.45) is 7.98. The molecule has 0 unspecified atom stereocenters. The summed E-state index contributed by atoms with van der Waals surface area (Å²) in [4.78, 5) is 36.3. The molecule has 2 aromatic heterocycles. The molecule has 4 heterocycles. The summed E-state index contributed by atoms with van der Waals surface area (Å²) in [5, 5.41) is 0. The van der Waals surface area contributed by atoms with E-state index in [-0.39, 0.29) is 17.9 Å². The van der Waals surface area contributed by atoms with Crippen molar-refractivity contribution >= 4 is 27.7 Å². The van der Waals surface area contributed by atoms with Crippen LogP contribution >= 0.6 is 15.9 Å². The van der Waals surface area contributed by atoms with Crippen molar-refractivity contribution in [3.63, 3.8) is 0 Å². The molecule has 1 atom stereocenters. The van der Waals surface area contributed by atoms with Gasteiger partial charge in [-0.05, 0) is 40.9 Å². The number of carbonyl (C=O) groups is 2. The molecular weight excluding hydrogens is 398 g/mol. The molecule has 7 nitrogen and oxygen atoms in total. The lowest BCUT2D eigenvalue weighted by Crippen LogP contribution is -2.30. The minimum absolute atomic E-state index is 0.0142. The van der Waals surface area contributed by atoms with Crippen LogP contribution in [0.5, 0.6) is 0 Å². The highest BCUT2D eigenvalue weighted by molar-refractivity contribution is 9.10. The fraction of sp³-hybridized carbons (Fsp3) is 0.222. The SMILES string of the molecule is O=C1c2c(Br)cccc2-n2cnc(C(=O)n3ccnc3)c2[C@@H]2CCCN12. The fourth-order valence-electron chi connectivity index (χ4n) is 3.90. The van der Waals surface area contributed by atoms with Crippen molar-refractivity contribution < 1.29 is 9.59 Å². The van der Waals surface area contributed by atoms with Gasteiger partial charge in [0.15, 0.2) is 5.69 Å². The lowest BCUT2D eigenvalue weighted by Gasteiger charge is -2.23. The van der Waals surface area contributed by atoms with Crippen LogP contribution in [0.2, 0.25) is 0 Å². The highest BCUT2D eigenvalue weighted by Gasteiger charge is 2.40. The van der Waals surface area contributed by atoms with E-state index in [0.29, 0.717) is 17.8 Å². The Kier molecular flexibility index (Phi) is 3.36. The van der Waals surface area contributed by atoms with Gasteiger partial charge in [0, 0.05) is 23.4 Å². The monoisotopic (exact) mass is 411 g/mol. The Morgan fingerprint density at radius 3 is 2.96 bits per heavy atom. The number of carbonyl (C=O) groups excluding carboxylic acids is 2. The molecule has 3 aromatic rings. The van der Waals surface area contributed by atoms with E-state index < -0.39 is 0 Å². The smallest absolute Gasteiger partial charge is 0.283 e. The van der Waals surface area contributed by atoms with Crippen molar-refractivity contribution in [3.05, 3.63) is 64.7 Å². The number of hydrogen-bond acceptors (Lipinski definition) is 4. The molecule has 0 bridgehead atoms. The van der Waals surface area contributed by atoms with Gasteiger partial charge < -0.3 is 4.90 Å². The van der Waals surface area contributed by atoms with Crippen molar-refractivity contribution in [3.8, 4) is 5.69 Å². The van der Waals surface area contributed by atoms with Crippen LogP contribution in [0.1, 0.15) is 45.4 Å².